The molecule has 3 fully saturated rings. The molecular weight excluding hydrogens is 394 g/mol. The Kier molecular flexibility index (Phi) is 3.38. The smallest absolute Gasteiger partial charge is 0.217 e. The van der Waals surface area contributed by atoms with Crippen LogP contribution in [0.1, 0.15) is 0 Å². The number of halogens is 4. The van der Waals surface area contributed by atoms with Crippen molar-refractivity contribution in [3.8, 4) is 0 Å². The van der Waals surface area contributed by atoms with Crippen LogP contribution in [0.25, 0.3) is 0 Å². The van der Waals surface area contributed by atoms with E-state index in [1.54, 1.807) is 14.2 Å². The van der Waals surface area contributed by atoms with Gasteiger partial charge in [0.25, 0.3) is 0 Å². The van der Waals surface area contributed by atoms with Crippen molar-refractivity contribution in [2.75, 3.05) is 27.4 Å². The van der Waals surface area contributed by atoms with Crippen LogP contribution in [0, 0.1) is 35.5 Å². The number of rotatable bonds is 2. The molecule has 24 heavy (non-hydrogen) atoms. The van der Waals surface area contributed by atoms with Crippen molar-refractivity contribution >= 4 is 46.4 Å². The van der Waals surface area contributed by atoms with Gasteiger partial charge in [-0.3, -0.25) is 0 Å². The largest absolute Gasteiger partial charge is 0.381 e. The van der Waals surface area contributed by atoms with E-state index in [1.807, 2.05) is 0 Å². The third-order valence-electron chi connectivity index (χ3n) is 7.21. The predicted octanol–water partition coefficient (Wildman–Crippen LogP) is 3.96. The third-order valence-corrected chi connectivity index (χ3v) is 9.86. The lowest BCUT2D eigenvalue weighted by Crippen LogP contribution is -2.57. The second-order valence-electron chi connectivity index (χ2n) is 7.53. The molecule has 0 N–H and O–H groups in total. The summed E-state index contributed by atoms with van der Waals surface area (Å²) in [6.07, 6.45) is 4.53. The van der Waals surface area contributed by atoms with Crippen molar-refractivity contribution in [1.29, 1.82) is 0 Å². The molecule has 132 valence electrons. The quantitative estimate of drug-likeness (QED) is 0.391. The van der Waals surface area contributed by atoms with Gasteiger partial charge in [-0.1, -0.05) is 35.4 Å². The van der Waals surface area contributed by atoms with Crippen LogP contribution in [0.5, 0.6) is 0 Å². The van der Waals surface area contributed by atoms with Crippen LogP contribution >= 0.6 is 46.4 Å². The van der Waals surface area contributed by atoms with Crippen molar-refractivity contribution in [3.63, 3.8) is 0 Å². The van der Waals surface area contributed by atoms with Crippen molar-refractivity contribution in [2.45, 2.75) is 15.5 Å². The topological polar surface area (TPSA) is 27.7 Å². The summed E-state index contributed by atoms with van der Waals surface area (Å²) in [5.41, 5.74) is 0. The fraction of sp³-hybridized carbons (Fsp3) is 0.765. The lowest BCUT2D eigenvalue weighted by Gasteiger charge is -2.54. The van der Waals surface area contributed by atoms with E-state index in [4.69, 9.17) is 60.6 Å². The number of fused-ring (bicyclic) bond motifs is 2. The van der Waals surface area contributed by atoms with Gasteiger partial charge < -0.3 is 14.2 Å². The Balaban J connectivity index is 1.78. The first kappa shape index (κ1) is 16.7. The standard InChI is InChI=1S/C17H18Cl4O3/c1-22-17(23-2)15(20)11-7-3-4-8(10-6-24-5-9(7)10)12(11)16(17,21)14(19)13(15)18/h3-4,7-12H,5-6H2,1-2H3/t7-,8+,9+,10-,11-,12+,15-,16+. The highest BCUT2D eigenvalue weighted by molar-refractivity contribution is 6.52. The Morgan fingerprint density at radius 3 is 1.71 bits per heavy atom. The lowest BCUT2D eigenvalue weighted by molar-refractivity contribution is -0.221. The maximum atomic E-state index is 7.23. The molecule has 0 spiro atoms. The van der Waals surface area contributed by atoms with E-state index in [0.717, 1.165) is 13.2 Å². The van der Waals surface area contributed by atoms with Gasteiger partial charge in [-0.25, -0.2) is 0 Å². The summed E-state index contributed by atoms with van der Waals surface area (Å²) in [6, 6.07) is 0. The third kappa shape index (κ3) is 1.36. The molecule has 2 saturated carbocycles. The summed E-state index contributed by atoms with van der Waals surface area (Å²) in [5, 5.41) is 0.726. The number of alkyl halides is 2. The second-order valence-corrected chi connectivity index (χ2v) is 9.48. The van der Waals surface area contributed by atoms with Crippen LogP contribution in [-0.4, -0.2) is 43.0 Å². The summed E-state index contributed by atoms with van der Waals surface area (Å²) in [4.78, 5) is -2.19. The minimum absolute atomic E-state index is 0.00418. The van der Waals surface area contributed by atoms with Gasteiger partial charge in [-0.15, -0.1) is 23.2 Å². The minimum atomic E-state index is -1.28. The van der Waals surface area contributed by atoms with Crippen LogP contribution in [0.15, 0.2) is 22.2 Å². The zero-order chi connectivity index (χ0) is 17.1. The molecular formula is C17H18Cl4O3. The molecule has 6 aliphatic rings. The molecule has 0 aromatic carbocycles. The summed E-state index contributed by atoms with van der Waals surface area (Å²) in [5.74, 6) is 0.0585. The predicted molar refractivity (Wildman–Crippen MR) is 93.5 cm³/mol. The number of hydrogen-bond donors (Lipinski definition) is 0. The molecule has 0 amide bonds. The molecule has 0 aromatic rings. The first-order chi connectivity index (χ1) is 11.4. The zero-order valence-corrected chi connectivity index (χ0v) is 16.3. The molecule has 1 heterocycles. The molecule has 1 aliphatic heterocycles. The van der Waals surface area contributed by atoms with E-state index in [-0.39, 0.29) is 23.7 Å². The summed E-state index contributed by atoms with van der Waals surface area (Å²) in [7, 11) is 3.13. The van der Waals surface area contributed by atoms with Crippen molar-refractivity contribution in [2.24, 2.45) is 35.5 Å². The van der Waals surface area contributed by atoms with Crippen LogP contribution in [0.4, 0.5) is 0 Å². The molecule has 1 saturated heterocycles. The summed E-state index contributed by atoms with van der Waals surface area (Å²) < 4.78 is 17.5. The number of methoxy groups -OCH3 is 2. The SMILES string of the molecule is COC1(OC)[C@@]2(Cl)C(Cl)=C(Cl)[C@]1(Cl)[C@@H]1[C@@H]3C=C[C@@H]([C@H]4COC[C@@H]34)[C@@H]12. The van der Waals surface area contributed by atoms with Crippen molar-refractivity contribution in [1.82, 2.24) is 0 Å². The van der Waals surface area contributed by atoms with E-state index in [2.05, 4.69) is 12.2 Å². The summed E-state index contributed by atoms with van der Waals surface area (Å²) >= 11 is 27.8. The number of hydrogen-bond acceptors (Lipinski definition) is 3. The molecule has 0 aromatic heterocycles. The minimum Gasteiger partial charge on any atom is -0.381 e. The van der Waals surface area contributed by atoms with Gasteiger partial charge in [-0.2, -0.15) is 0 Å². The highest BCUT2D eigenvalue weighted by atomic mass is 35.5. The van der Waals surface area contributed by atoms with E-state index >= 15 is 0 Å². The first-order valence-corrected chi connectivity index (χ1v) is 9.71. The van der Waals surface area contributed by atoms with Gasteiger partial charge in [0.2, 0.25) is 5.79 Å². The lowest BCUT2D eigenvalue weighted by atomic mass is 9.51. The maximum absolute atomic E-state index is 7.23. The van der Waals surface area contributed by atoms with Gasteiger partial charge in [0.15, 0.2) is 0 Å². The van der Waals surface area contributed by atoms with E-state index in [9.17, 15) is 0 Å². The average Bonchev–Trinajstić information content (AvgIpc) is 3.19. The zero-order valence-electron chi connectivity index (χ0n) is 13.3. The molecule has 6 rings (SSSR count). The Labute approximate surface area is 161 Å². The first-order valence-electron chi connectivity index (χ1n) is 8.20. The number of ether oxygens (including phenoxy) is 3. The summed E-state index contributed by atoms with van der Waals surface area (Å²) in [6.45, 7) is 1.51. The average molecular weight is 412 g/mol. The Morgan fingerprint density at radius 1 is 0.917 bits per heavy atom. The second kappa shape index (κ2) is 4.86. The van der Waals surface area contributed by atoms with Crippen molar-refractivity contribution < 1.29 is 14.2 Å². The molecule has 3 nitrogen and oxygen atoms in total. The van der Waals surface area contributed by atoms with Gasteiger partial charge in [-0.05, 0) is 23.7 Å². The van der Waals surface area contributed by atoms with Gasteiger partial charge >= 0.3 is 0 Å². The van der Waals surface area contributed by atoms with Gasteiger partial charge in [0.05, 0.1) is 23.3 Å². The molecule has 4 bridgehead atoms. The molecule has 5 aliphatic carbocycles. The van der Waals surface area contributed by atoms with Gasteiger partial charge in [0.1, 0.15) is 9.75 Å². The van der Waals surface area contributed by atoms with Crippen LogP contribution in [0.2, 0.25) is 0 Å². The van der Waals surface area contributed by atoms with Crippen LogP contribution < -0.4 is 0 Å². The number of allylic oxidation sites excluding steroid dienone is 2. The van der Waals surface area contributed by atoms with E-state index < -0.39 is 15.5 Å². The Morgan fingerprint density at radius 2 is 1.33 bits per heavy atom. The normalized spacial score (nSPS) is 56.1. The van der Waals surface area contributed by atoms with Gasteiger partial charge in [0, 0.05) is 26.1 Å². The van der Waals surface area contributed by atoms with E-state index in [1.165, 1.54) is 0 Å². The molecule has 8 atom stereocenters. The Bertz CT molecular complexity index is 625. The van der Waals surface area contributed by atoms with E-state index in [0.29, 0.717) is 21.9 Å². The van der Waals surface area contributed by atoms with Crippen LogP contribution in [0.3, 0.4) is 0 Å². The fourth-order valence-corrected chi connectivity index (χ4v) is 8.78. The van der Waals surface area contributed by atoms with Crippen molar-refractivity contribution in [3.05, 3.63) is 22.2 Å². The Hall–Kier alpha value is 0.520. The molecule has 0 radical (unpaired) electrons. The van der Waals surface area contributed by atoms with Crippen LogP contribution in [-0.2, 0) is 14.2 Å². The molecule has 0 unspecified atom stereocenters. The highest BCUT2D eigenvalue weighted by Gasteiger charge is 2.87. The fourth-order valence-electron chi connectivity index (χ4n) is 6.48. The highest BCUT2D eigenvalue weighted by Crippen LogP contribution is 2.79. The molecule has 7 heteroatoms. The monoisotopic (exact) mass is 410 g/mol. The maximum Gasteiger partial charge on any atom is 0.217 e.